The largest absolute Gasteiger partial charge is 0.469 e. The summed E-state index contributed by atoms with van der Waals surface area (Å²) in [4.78, 5) is 4.01. The first kappa shape index (κ1) is 9.64. The Balaban J connectivity index is 2.31. The van der Waals surface area contributed by atoms with E-state index in [0.29, 0.717) is 0 Å². The topological polar surface area (TPSA) is 77.5 Å². The number of furan rings is 1. The van der Waals surface area contributed by atoms with Crippen LogP contribution in [0.25, 0.3) is 0 Å². The first-order valence-electron chi connectivity index (χ1n) is 4.29. The summed E-state index contributed by atoms with van der Waals surface area (Å²) in [7, 11) is 0. The smallest absolute Gasteiger partial charge is 0.186 e. The third-order valence-electron chi connectivity index (χ3n) is 1.76. The molecule has 1 heterocycles. The summed E-state index contributed by atoms with van der Waals surface area (Å²) in [5.74, 6) is 1.12. The molecule has 0 aliphatic rings. The van der Waals surface area contributed by atoms with Gasteiger partial charge < -0.3 is 15.9 Å². The van der Waals surface area contributed by atoms with E-state index in [4.69, 9.17) is 15.9 Å². The van der Waals surface area contributed by atoms with Crippen LogP contribution in [0.2, 0.25) is 0 Å². The molecular weight excluding hydrogens is 166 g/mol. The van der Waals surface area contributed by atoms with Crippen molar-refractivity contribution in [3.05, 3.63) is 24.2 Å². The lowest BCUT2D eigenvalue weighted by Gasteiger charge is -2.04. The van der Waals surface area contributed by atoms with E-state index in [1.165, 1.54) is 0 Å². The Hall–Kier alpha value is -1.45. The van der Waals surface area contributed by atoms with Gasteiger partial charge in [-0.3, -0.25) is 4.99 Å². The Kier molecular flexibility index (Phi) is 3.37. The van der Waals surface area contributed by atoms with E-state index in [0.717, 1.165) is 18.6 Å². The molecule has 1 aromatic rings. The number of nitrogens with two attached hydrogens (primary N) is 2. The fourth-order valence-corrected chi connectivity index (χ4v) is 1.13. The first-order chi connectivity index (χ1) is 6.18. The predicted molar refractivity (Wildman–Crippen MR) is 52.3 cm³/mol. The highest BCUT2D eigenvalue weighted by Gasteiger charge is 2.02. The maximum absolute atomic E-state index is 5.25. The maximum Gasteiger partial charge on any atom is 0.186 e. The van der Waals surface area contributed by atoms with Crippen molar-refractivity contribution >= 4 is 5.96 Å². The number of aryl methyl sites for hydroxylation is 1. The molecule has 0 aliphatic carbocycles. The van der Waals surface area contributed by atoms with Gasteiger partial charge in [0.05, 0.1) is 12.3 Å². The lowest BCUT2D eigenvalue weighted by Crippen LogP contribution is -2.24. The molecule has 72 valence electrons. The van der Waals surface area contributed by atoms with E-state index < -0.39 is 0 Å². The van der Waals surface area contributed by atoms with Gasteiger partial charge in [-0.1, -0.05) is 0 Å². The molecule has 4 heteroatoms. The molecule has 1 rings (SSSR count). The Morgan fingerprint density at radius 1 is 1.62 bits per heavy atom. The van der Waals surface area contributed by atoms with Gasteiger partial charge in [0.25, 0.3) is 0 Å². The third-order valence-corrected chi connectivity index (χ3v) is 1.76. The van der Waals surface area contributed by atoms with Crippen molar-refractivity contribution in [2.45, 2.75) is 25.8 Å². The minimum atomic E-state index is 0.145. The Bertz CT molecular complexity index is 262. The zero-order chi connectivity index (χ0) is 9.68. The number of nitrogens with zero attached hydrogens (tertiary/aromatic N) is 1. The van der Waals surface area contributed by atoms with Crippen LogP contribution in [-0.2, 0) is 6.42 Å². The highest BCUT2D eigenvalue weighted by Crippen LogP contribution is 2.07. The Morgan fingerprint density at radius 2 is 2.38 bits per heavy atom. The van der Waals surface area contributed by atoms with E-state index in [1.807, 2.05) is 19.1 Å². The summed E-state index contributed by atoms with van der Waals surface area (Å²) in [6.45, 7) is 1.97. The van der Waals surface area contributed by atoms with Crippen LogP contribution in [-0.4, -0.2) is 12.0 Å². The van der Waals surface area contributed by atoms with Crippen molar-refractivity contribution < 1.29 is 4.42 Å². The molecule has 4 nitrogen and oxygen atoms in total. The number of rotatable bonds is 4. The molecule has 0 saturated heterocycles. The lowest BCUT2D eigenvalue weighted by molar-refractivity contribution is 0.491. The molecule has 0 saturated carbocycles. The highest BCUT2D eigenvalue weighted by molar-refractivity contribution is 5.75. The average molecular weight is 181 g/mol. The van der Waals surface area contributed by atoms with Crippen LogP contribution in [0.3, 0.4) is 0 Å². The molecule has 4 N–H and O–H groups in total. The molecule has 0 spiro atoms. The second kappa shape index (κ2) is 4.54. The van der Waals surface area contributed by atoms with E-state index in [9.17, 15) is 0 Å². The zero-order valence-electron chi connectivity index (χ0n) is 7.73. The van der Waals surface area contributed by atoms with Crippen molar-refractivity contribution in [1.29, 1.82) is 0 Å². The van der Waals surface area contributed by atoms with Crippen LogP contribution < -0.4 is 11.5 Å². The molecule has 0 amide bonds. The second-order valence-corrected chi connectivity index (χ2v) is 3.02. The van der Waals surface area contributed by atoms with E-state index in [-0.39, 0.29) is 12.0 Å². The van der Waals surface area contributed by atoms with Gasteiger partial charge in [0.15, 0.2) is 5.96 Å². The highest BCUT2D eigenvalue weighted by atomic mass is 16.3. The molecule has 1 atom stereocenters. The fourth-order valence-electron chi connectivity index (χ4n) is 1.13. The number of hydrogen-bond donors (Lipinski definition) is 2. The van der Waals surface area contributed by atoms with Crippen LogP contribution in [0.5, 0.6) is 0 Å². The third kappa shape index (κ3) is 3.64. The average Bonchev–Trinajstić information content (AvgIpc) is 2.51. The molecule has 13 heavy (non-hydrogen) atoms. The van der Waals surface area contributed by atoms with Crippen LogP contribution in [0.1, 0.15) is 19.1 Å². The normalized spacial score (nSPS) is 12.4. The van der Waals surface area contributed by atoms with Gasteiger partial charge in [0, 0.05) is 6.42 Å². The minimum Gasteiger partial charge on any atom is -0.469 e. The monoisotopic (exact) mass is 181 g/mol. The predicted octanol–water partition coefficient (Wildman–Crippen LogP) is 0.874. The summed E-state index contributed by atoms with van der Waals surface area (Å²) >= 11 is 0. The van der Waals surface area contributed by atoms with Gasteiger partial charge in [-0.05, 0) is 25.5 Å². The molecule has 0 aliphatic heterocycles. The fraction of sp³-hybridized carbons (Fsp3) is 0.444. The van der Waals surface area contributed by atoms with Gasteiger partial charge >= 0.3 is 0 Å². The first-order valence-corrected chi connectivity index (χ1v) is 4.29. The van der Waals surface area contributed by atoms with Gasteiger partial charge in [0.1, 0.15) is 5.76 Å². The number of hydrogen-bond acceptors (Lipinski definition) is 2. The standard InChI is InChI=1S/C9H15N3O/c1-7(12-9(10)11)4-5-8-3-2-6-13-8/h2-3,6-7H,4-5H2,1H3,(H4,10,11,12). The summed E-state index contributed by atoms with van der Waals surface area (Å²) in [6, 6.07) is 3.97. The number of guanidine groups is 1. The van der Waals surface area contributed by atoms with Gasteiger partial charge in [-0.2, -0.15) is 0 Å². The summed E-state index contributed by atoms with van der Waals surface area (Å²) < 4.78 is 5.18. The maximum atomic E-state index is 5.25. The second-order valence-electron chi connectivity index (χ2n) is 3.02. The molecule has 0 radical (unpaired) electrons. The van der Waals surface area contributed by atoms with Crippen LogP contribution >= 0.6 is 0 Å². The van der Waals surface area contributed by atoms with Crippen molar-refractivity contribution in [2.75, 3.05) is 0 Å². The summed E-state index contributed by atoms with van der Waals surface area (Å²) in [5, 5.41) is 0. The molecular formula is C9H15N3O. The zero-order valence-corrected chi connectivity index (χ0v) is 7.73. The quantitative estimate of drug-likeness (QED) is 0.534. The van der Waals surface area contributed by atoms with E-state index in [1.54, 1.807) is 6.26 Å². The van der Waals surface area contributed by atoms with Crippen molar-refractivity contribution in [1.82, 2.24) is 0 Å². The van der Waals surface area contributed by atoms with Crippen LogP contribution in [0.4, 0.5) is 0 Å². The molecule has 0 bridgehead atoms. The molecule has 0 fully saturated rings. The van der Waals surface area contributed by atoms with Crippen LogP contribution in [0, 0.1) is 0 Å². The molecule has 0 aromatic carbocycles. The SMILES string of the molecule is CC(CCc1ccco1)N=C(N)N. The molecule has 1 unspecified atom stereocenters. The van der Waals surface area contributed by atoms with Gasteiger partial charge in [-0.15, -0.1) is 0 Å². The van der Waals surface area contributed by atoms with Gasteiger partial charge in [-0.25, -0.2) is 0 Å². The Labute approximate surface area is 77.6 Å². The van der Waals surface area contributed by atoms with Crippen molar-refractivity contribution in [2.24, 2.45) is 16.5 Å². The van der Waals surface area contributed by atoms with Crippen LogP contribution in [0.15, 0.2) is 27.8 Å². The lowest BCUT2D eigenvalue weighted by atomic mass is 10.1. The Morgan fingerprint density at radius 3 is 2.92 bits per heavy atom. The molecule has 1 aromatic heterocycles. The van der Waals surface area contributed by atoms with Gasteiger partial charge in [0.2, 0.25) is 0 Å². The summed E-state index contributed by atoms with van der Waals surface area (Å²) in [5.41, 5.74) is 10.5. The summed E-state index contributed by atoms with van der Waals surface area (Å²) in [6.07, 6.45) is 3.43. The van der Waals surface area contributed by atoms with Crippen molar-refractivity contribution in [3.63, 3.8) is 0 Å². The minimum absolute atomic E-state index is 0.145. The number of aliphatic imine (C=N–C) groups is 1. The van der Waals surface area contributed by atoms with E-state index in [2.05, 4.69) is 4.99 Å². The van der Waals surface area contributed by atoms with Crippen molar-refractivity contribution in [3.8, 4) is 0 Å². The van der Waals surface area contributed by atoms with E-state index >= 15 is 0 Å².